The molecule has 0 atom stereocenters. The average Bonchev–Trinajstić information content (AvgIpc) is 2.42. The molecule has 19 heavy (non-hydrogen) atoms. The Labute approximate surface area is 116 Å². The molecule has 0 fully saturated rings. The van der Waals surface area contributed by atoms with E-state index in [9.17, 15) is 0 Å². The number of allylic oxidation sites excluding steroid dienone is 1. The molecule has 0 aliphatic carbocycles. The fourth-order valence-corrected chi connectivity index (χ4v) is 1.93. The molecular formula is C16H25NO2. The molecule has 1 aromatic carbocycles. The highest BCUT2D eigenvalue weighted by molar-refractivity contribution is 5.69. The molecule has 0 aromatic heterocycles. The fraction of sp³-hybridized carbons (Fsp3) is 0.500. The quantitative estimate of drug-likeness (QED) is 0.731. The van der Waals surface area contributed by atoms with Crippen LogP contribution in [0.3, 0.4) is 0 Å². The van der Waals surface area contributed by atoms with Crippen LogP contribution in [0.1, 0.15) is 24.5 Å². The minimum absolute atomic E-state index is 0.758. The fourth-order valence-electron chi connectivity index (χ4n) is 1.93. The van der Waals surface area contributed by atoms with Gasteiger partial charge in [0.1, 0.15) is 5.75 Å². The summed E-state index contributed by atoms with van der Waals surface area (Å²) >= 11 is 0. The highest BCUT2D eigenvalue weighted by Gasteiger charge is 2.04. The van der Waals surface area contributed by atoms with Gasteiger partial charge in [0.2, 0.25) is 0 Å². The van der Waals surface area contributed by atoms with Crippen molar-refractivity contribution in [2.24, 2.45) is 0 Å². The monoisotopic (exact) mass is 263 g/mol. The number of rotatable bonds is 8. The summed E-state index contributed by atoms with van der Waals surface area (Å²) in [6, 6.07) is 6.27. The van der Waals surface area contributed by atoms with Crippen molar-refractivity contribution in [2.75, 3.05) is 33.9 Å². The lowest BCUT2D eigenvalue weighted by Crippen LogP contribution is -2.19. The first-order valence-corrected chi connectivity index (χ1v) is 6.70. The van der Waals surface area contributed by atoms with Crippen LogP contribution in [0.5, 0.6) is 5.75 Å². The maximum absolute atomic E-state index is 5.41. The third-order valence-electron chi connectivity index (χ3n) is 3.03. The van der Waals surface area contributed by atoms with Crippen LogP contribution in [0, 0.1) is 6.92 Å². The van der Waals surface area contributed by atoms with E-state index < -0.39 is 0 Å². The van der Waals surface area contributed by atoms with Gasteiger partial charge in [0.25, 0.3) is 0 Å². The molecule has 0 saturated carbocycles. The molecule has 0 spiro atoms. The molecule has 0 bridgehead atoms. The lowest BCUT2D eigenvalue weighted by atomic mass is 10.0. The second-order valence-corrected chi connectivity index (χ2v) is 4.62. The number of methoxy groups -OCH3 is 2. The third-order valence-corrected chi connectivity index (χ3v) is 3.03. The average molecular weight is 263 g/mol. The molecule has 1 N–H and O–H groups in total. The van der Waals surface area contributed by atoms with Crippen molar-refractivity contribution in [1.82, 2.24) is 5.32 Å². The van der Waals surface area contributed by atoms with Crippen LogP contribution in [0.4, 0.5) is 0 Å². The summed E-state index contributed by atoms with van der Waals surface area (Å²) in [5.41, 5.74) is 3.69. The van der Waals surface area contributed by atoms with Gasteiger partial charge in [-0.3, -0.25) is 0 Å². The standard InChI is InChI=1S/C16H25NO2/c1-13-7-8-16(19-4)15(12-13)14(2)6-5-9-17-10-11-18-3/h6-8,12,17H,5,9-11H2,1-4H3. The van der Waals surface area contributed by atoms with Gasteiger partial charge in [0.05, 0.1) is 13.7 Å². The van der Waals surface area contributed by atoms with Crippen LogP contribution in [0.2, 0.25) is 0 Å². The smallest absolute Gasteiger partial charge is 0.126 e. The molecule has 0 aliphatic rings. The van der Waals surface area contributed by atoms with E-state index in [4.69, 9.17) is 9.47 Å². The van der Waals surface area contributed by atoms with Gasteiger partial charge in [-0.1, -0.05) is 17.7 Å². The Kier molecular flexibility index (Phi) is 7.23. The summed E-state index contributed by atoms with van der Waals surface area (Å²) in [6.07, 6.45) is 3.25. The molecule has 0 heterocycles. The number of hydrogen-bond donors (Lipinski definition) is 1. The Morgan fingerprint density at radius 3 is 2.74 bits per heavy atom. The predicted molar refractivity (Wildman–Crippen MR) is 80.7 cm³/mol. The topological polar surface area (TPSA) is 30.5 Å². The van der Waals surface area contributed by atoms with Crippen molar-refractivity contribution >= 4 is 5.57 Å². The summed E-state index contributed by atoms with van der Waals surface area (Å²) in [4.78, 5) is 0. The summed E-state index contributed by atoms with van der Waals surface area (Å²) in [7, 11) is 3.43. The molecule has 106 valence electrons. The minimum atomic E-state index is 0.758. The van der Waals surface area contributed by atoms with Gasteiger partial charge in [-0.15, -0.1) is 0 Å². The van der Waals surface area contributed by atoms with Crippen molar-refractivity contribution in [2.45, 2.75) is 20.3 Å². The molecule has 3 nitrogen and oxygen atoms in total. The van der Waals surface area contributed by atoms with Gasteiger partial charge < -0.3 is 14.8 Å². The minimum Gasteiger partial charge on any atom is -0.496 e. The first-order valence-electron chi connectivity index (χ1n) is 6.70. The van der Waals surface area contributed by atoms with Gasteiger partial charge >= 0.3 is 0 Å². The Hall–Kier alpha value is -1.32. The third kappa shape index (κ3) is 5.45. The van der Waals surface area contributed by atoms with Gasteiger partial charge in [0, 0.05) is 19.2 Å². The van der Waals surface area contributed by atoms with Crippen LogP contribution in [-0.2, 0) is 4.74 Å². The highest BCUT2D eigenvalue weighted by Crippen LogP contribution is 2.26. The Balaban J connectivity index is 2.56. The molecule has 0 aliphatic heterocycles. The summed E-state index contributed by atoms with van der Waals surface area (Å²) < 4.78 is 10.4. The number of benzene rings is 1. The highest BCUT2D eigenvalue weighted by atomic mass is 16.5. The van der Waals surface area contributed by atoms with E-state index in [2.05, 4.69) is 37.4 Å². The lowest BCUT2D eigenvalue weighted by molar-refractivity contribution is 0.199. The van der Waals surface area contributed by atoms with E-state index in [0.717, 1.165) is 31.9 Å². The molecule has 0 unspecified atom stereocenters. The van der Waals surface area contributed by atoms with Gasteiger partial charge in [-0.2, -0.15) is 0 Å². The molecule has 0 saturated heterocycles. The van der Waals surface area contributed by atoms with Crippen molar-refractivity contribution in [3.05, 3.63) is 35.4 Å². The molecule has 1 rings (SSSR count). The molecule has 0 radical (unpaired) electrons. The van der Waals surface area contributed by atoms with Crippen LogP contribution >= 0.6 is 0 Å². The maximum atomic E-state index is 5.41. The largest absolute Gasteiger partial charge is 0.496 e. The van der Waals surface area contributed by atoms with Crippen molar-refractivity contribution in [1.29, 1.82) is 0 Å². The van der Waals surface area contributed by atoms with E-state index in [1.54, 1.807) is 14.2 Å². The Bertz CT molecular complexity index is 413. The summed E-state index contributed by atoms with van der Waals surface area (Å²) in [6.45, 7) is 6.86. The number of ether oxygens (including phenoxy) is 2. The van der Waals surface area contributed by atoms with Gasteiger partial charge in [0.15, 0.2) is 0 Å². The van der Waals surface area contributed by atoms with Crippen LogP contribution in [0.25, 0.3) is 5.57 Å². The van der Waals surface area contributed by atoms with E-state index in [1.165, 1.54) is 16.7 Å². The van der Waals surface area contributed by atoms with E-state index >= 15 is 0 Å². The number of aryl methyl sites for hydroxylation is 1. The predicted octanol–water partition coefficient (Wildman–Crippen LogP) is 3.03. The summed E-state index contributed by atoms with van der Waals surface area (Å²) in [5, 5.41) is 3.33. The molecule has 3 heteroatoms. The first-order chi connectivity index (χ1) is 9.19. The normalized spacial score (nSPS) is 11.7. The van der Waals surface area contributed by atoms with E-state index in [0.29, 0.717) is 0 Å². The van der Waals surface area contributed by atoms with Gasteiger partial charge in [-0.25, -0.2) is 0 Å². The number of hydrogen-bond acceptors (Lipinski definition) is 3. The van der Waals surface area contributed by atoms with Crippen LogP contribution < -0.4 is 10.1 Å². The van der Waals surface area contributed by atoms with Crippen molar-refractivity contribution in [3.8, 4) is 5.75 Å². The SMILES string of the molecule is COCCNCCC=C(C)c1cc(C)ccc1OC. The molecular weight excluding hydrogens is 238 g/mol. The van der Waals surface area contributed by atoms with E-state index in [1.807, 2.05) is 6.07 Å². The van der Waals surface area contributed by atoms with Crippen molar-refractivity contribution in [3.63, 3.8) is 0 Å². The Morgan fingerprint density at radius 1 is 1.26 bits per heavy atom. The molecule has 0 amide bonds. The zero-order valence-electron chi connectivity index (χ0n) is 12.5. The van der Waals surface area contributed by atoms with Crippen LogP contribution in [-0.4, -0.2) is 33.9 Å². The zero-order valence-corrected chi connectivity index (χ0v) is 12.5. The zero-order chi connectivity index (χ0) is 14.1. The summed E-state index contributed by atoms with van der Waals surface area (Å²) in [5.74, 6) is 0.937. The van der Waals surface area contributed by atoms with Crippen molar-refractivity contribution < 1.29 is 9.47 Å². The molecule has 1 aromatic rings. The van der Waals surface area contributed by atoms with E-state index in [-0.39, 0.29) is 0 Å². The number of nitrogens with one attached hydrogen (secondary N) is 1. The Morgan fingerprint density at radius 2 is 2.05 bits per heavy atom. The lowest BCUT2D eigenvalue weighted by Gasteiger charge is -2.10. The second-order valence-electron chi connectivity index (χ2n) is 4.62. The first kappa shape index (κ1) is 15.7. The second kappa shape index (κ2) is 8.73. The van der Waals surface area contributed by atoms with Gasteiger partial charge in [-0.05, 0) is 44.5 Å². The maximum Gasteiger partial charge on any atom is 0.126 e. The van der Waals surface area contributed by atoms with Crippen LogP contribution in [0.15, 0.2) is 24.3 Å².